The van der Waals surface area contributed by atoms with Gasteiger partial charge in [-0.1, -0.05) is 54.6 Å². The van der Waals surface area contributed by atoms with E-state index in [4.69, 9.17) is 4.74 Å². The molecule has 3 aromatic carbocycles. The molecule has 1 atom stereocenters. The molecule has 0 spiro atoms. The number of rotatable bonds is 6. The molecule has 1 aromatic heterocycles. The van der Waals surface area contributed by atoms with Gasteiger partial charge < -0.3 is 10.1 Å². The highest BCUT2D eigenvalue weighted by Crippen LogP contribution is 2.33. The predicted molar refractivity (Wildman–Crippen MR) is 133 cm³/mol. The Balaban J connectivity index is 1.40. The molecule has 1 amide bonds. The second-order valence-electron chi connectivity index (χ2n) is 7.87. The minimum absolute atomic E-state index is 0.159. The van der Waals surface area contributed by atoms with Crippen LogP contribution in [0, 0.1) is 5.82 Å². The molecule has 4 aromatic rings. The fraction of sp³-hybridized carbons (Fsp3) is 0.0741. The van der Waals surface area contributed by atoms with E-state index in [0.717, 1.165) is 28.1 Å². The lowest BCUT2D eigenvalue weighted by molar-refractivity contribution is -0.111. The number of nitrogens with one attached hydrogen (secondary N) is 2. The summed E-state index contributed by atoms with van der Waals surface area (Å²) < 4.78 is 20.4. The number of hydrogen-bond donors (Lipinski definition) is 2. The zero-order valence-corrected chi connectivity index (χ0v) is 18.9. The third-order valence-corrected chi connectivity index (χ3v) is 5.54. The number of amides is 1. The highest BCUT2D eigenvalue weighted by Gasteiger charge is 2.25. The number of halogens is 1. The van der Waals surface area contributed by atoms with Crippen molar-refractivity contribution in [3.8, 4) is 5.75 Å². The van der Waals surface area contributed by atoms with E-state index in [-0.39, 0.29) is 23.7 Å². The van der Waals surface area contributed by atoms with Crippen LogP contribution < -0.4 is 15.4 Å². The molecule has 7 nitrogen and oxygen atoms in total. The van der Waals surface area contributed by atoms with Crippen molar-refractivity contribution in [2.75, 3.05) is 17.7 Å². The average molecular weight is 468 g/mol. The number of nitrogens with zero attached hydrogens (tertiary/aromatic N) is 3. The van der Waals surface area contributed by atoms with Crippen molar-refractivity contribution in [2.24, 2.45) is 0 Å². The zero-order valence-electron chi connectivity index (χ0n) is 18.9. The first-order valence-electron chi connectivity index (χ1n) is 11.0. The largest absolute Gasteiger partial charge is 0.497 e. The van der Waals surface area contributed by atoms with Crippen LogP contribution >= 0.6 is 0 Å². The average Bonchev–Trinajstić information content (AvgIpc) is 3.30. The van der Waals surface area contributed by atoms with E-state index in [1.54, 1.807) is 30.0 Å². The molecule has 0 bridgehead atoms. The molecule has 0 aliphatic carbocycles. The number of benzene rings is 3. The van der Waals surface area contributed by atoms with Crippen molar-refractivity contribution in [3.05, 3.63) is 114 Å². The lowest BCUT2D eigenvalue weighted by Crippen LogP contribution is -2.20. The Kier molecular flexibility index (Phi) is 6.09. The van der Waals surface area contributed by atoms with Crippen LogP contribution in [0.4, 0.5) is 16.3 Å². The minimum Gasteiger partial charge on any atom is -0.497 e. The topological polar surface area (TPSA) is 81.1 Å². The van der Waals surface area contributed by atoms with Gasteiger partial charge >= 0.3 is 0 Å². The Labute approximate surface area is 201 Å². The van der Waals surface area contributed by atoms with Gasteiger partial charge in [-0.15, -0.1) is 5.10 Å². The molecule has 1 aliphatic heterocycles. The van der Waals surface area contributed by atoms with E-state index >= 15 is 0 Å². The fourth-order valence-corrected chi connectivity index (χ4v) is 3.77. The minimum atomic E-state index is -0.363. The Bertz CT molecular complexity index is 1390. The number of carbonyl (C=O) groups excluding carboxylic acids is 1. The molecule has 0 radical (unpaired) electrons. The first-order valence-corrected chi connectivity index (χ1v) is 11.0. The van der Waals surface area contributed by atoms with Gasteiger partial charge in [0.15, 0.2) is 0 Å². The molecule has 0 fully saturated rings. The third-order valence-electron chi connectivity index (χ3n) is 5.54. The lowest BCUT2D eigenvalue weighted by atomic mass is 10.0. The van der Waals surface area contributed by atoms with Crippen molar-refractivity contribution < 1.29 is 13.9 Å². The van der Waals surface area contributed by atoms with Gasteiger partial charge in [0.25, 0.3) is 11.9 Å². The van der Waals surface area contributed by atoms with Crippen LogP contribution in [0.1, 0.15) is 22.7 Å². The molecular formula is C27H22FN5O2. The summed E-state index contributed by atoms with van der Waals surface area (Å²) in [5.74, 6) is 0.691. The fourth-order valence-electron chi connectivity index (χ4n) is 3.77. The van der Waals surface area contributed by atoms with Gasteiger partial charge in [0, 0.05) is 11.8 Å². The molecule has 2 N–H and O–H groups in total. The summed E-state index contributed by atoms with van der Waals surface area (Å²) >= 11 is 0. The number of fused-ring (bicyclic) bond motifs is 1. The van der Waals surface area contributed by atoms with E-state index in [2.05, 4.69) is 20.7 Å². The third kappa shape index (κ3) is 4.96. The molecule has 2 heterocycles. The summed E-state index contributed by atoms with van der Waals surface area (Å²) in [5, 5.41) is 10.5. The Hall–Kier alpha value is -4.72. The van der Waals surface area contributed by atoms with Gasteiger partial charge in [0.2, 0.25) is 5.95 Å². The van der Waals surface area contributed by atoms with E-state index < -0.39 is 0 Å². The van der Waals surface area contributed by atoms with Crippen LogP contribution in [0.15, 0.2) is 91.0 Å². The van der Waals surface area contributed by atoms with Crippen molar-refractivity contribution in [2.45, 2.75) is 6.04 Å². The van der Waals surface area contributed by atoms with E-state index in [9.17, 15) is 9.18 Å². The van der Waals surface area contributed by atoms with Gasteiger partial charge in [0.1, 0.15) is 17.6 Å². The molecule has 1 unspecified atom stereocenters. The molecule has 1 aliphatic rings. The van der Waals surface area contributed by atoms with Crippen LogP contribution in [0.3, 0.4) is 0 Å². The maximum absolute atomic E-state index is 13.5. The Morgan fingerprint density at radius 3 is 2.51 bits per heavy atom. The Morgan fingerprint density at radius 2 is 1.80 bits per heavy atom. The Morgan fingerprint density at radius 1 is 1.06 bits per heavy atom. The van der Waals surface area contributed by atoms with Crippen LogP contribution in [0.2, 0.25) is 0 Å². The monoisotopic (exact) mass is 467 g/mol. The number of anilines is 2. The van der Waals surface area contributed by atoms with E-state index in [1.165, 1.54) is 18.2 Å². The van der Waals surface area contributed by atoms with Gasteiger partial charge in [0.05, 0.1) is 7.11 Å². The summed E-state index contributed by atoms with van der Waals surface area (Å²) in [7, 11) is 1.60. The SMILES string of the molecule is COc1ccc(C=CC(=O)Nc2nc3n(n2)C(c2ccc(F)cc2)C=C(c2ccccc2)N3)cc1. The lowest BCUT2D eigenvalue weighted by Gasteiger charge is -2.24. The molecule has 0 saturated carbocycles. The van der Waals surface area contributed by atoms with Crippen LogP contribution in [0.5, 0.6) is 5.75 Å². The van der Waals surface area contributed by atoms with Gasteiger partial charge in [-0.2, -0.15) is 4.98 Å². The van der Waals surface area contributed by atoms with Gasteiger partial charge in [-0.3, -0.25) is 10.1 Å². The van der Waals surface area contributed by atoms with Crippen LogP contribution in [-0.4, -0.2) is 27.8 Å². The number of methoxy groups -OCH3 is 1. The summed E-state index contributed by atoms with van der Waals surface area (Å²) in [6.07, 6.45) is 5.11. The molecule has 0 saturated heterocycles. The number of hydrogen-bond acceptors (Lipinski definition) is 5. The summed E-state index contributed by atoms with van der Waals surface area (Å²) in [6, 6.07) is 23.1. The first kappa shape index (κ1) is 22.1. The van der Waals surface area contributed by atoms with Crippen molar-refractivity contribution in [1.29, 1.82) is 0 Å². The van der Waals surface area contributed by atoms with Crippen LogP contribution in [-0.2, 0) is 4.79 Å². The molecule has 5 rings (SSSR count). The zero-order chi connectivity index (χ0) is 24.2. The van der Waals surface area contributed by atoms with Crippen molar-refractivity contribution >= 4 is 29.6 Å². The van der Waals surface area contributed by atoms with E-state index in [0.29, 0.717) is 5.95 Å². The maximum atomic E-state index is 13.5. The molecule has 174 valence electrons. The standard InChI is InChI=1S/C27H22FN5O2/c1-35-22-14-7-18(8-15-22)9-16-25(34)30-26-31-27-29-23(19-5-3-2-4-6-19)17-24(33(27)32-26)20-10-12-21(28)13-11-20/h2-17,24H,1H3,(H2,29,30,31,32,34). The van der Waals surface area contributed by atoms with Crippen molar-refractivity contribution in [3.63, 3.8) is 0 Å². The van der Waals surface area contributed by atoms with Crippen LogP contribution in [0.25, 0.3) is 11.8 Å². The quantitative estimate of drug-likeness (QED) is 0.384. The van der Waals surface area contributed by atoms with Gasteiger partial charge in [-0.25, -0.2) is 9.07 Å². The summed E-state index contributed by atoms with van der Waals surface area (Å²) in [4.78, 5) is 17.0. The molecule has 8 heteroatoms. The second kappa shape index (κ2) is 9.64. The van der Waals surface area contributed by atoms with Crippen molar-refractivity contribution in [1.82, 2.24) is 14.8 Å². The normalized spacial score (nSPS) is 14.7. The smallest absolute Gasteiger partial charge is 0.250 e. The highest BCUT2D eigenvalue weighted by atomic mass is 19.1. The first-order chi connectivity index (χ1) is 17.1. The summed E-state index contributed by atoms with van der Waals surface area (Å²) in [6.45, 7) is 0. The maximum Gasteiger partial charge on any atom is 0.250 e. The number of ether oxygens (including phenoxy) is 1. The molecule has 35 heavy (non-hydrogen) atoms. The summed E-state index contributed by atoms with van der Waals surface area (Å²) in [5.41, 5.74) is 3.51. The number of aromatic nitrogens is 3. The predicted octanol–water partition coefficient (Wildman–Crippen LogP) is 5.13. The number of allylic oxidation sites excluding steroid dienone is 1. The molecular weight excluding hydrogens is 445 g/mol. The number of carbonyl (C=O) groups is 1. The highest BCUT2D eigenvalue weighted by molar-refractivity contribution is 6.01. The second-order valence-corrected chi connectivity index (χ2v) is 7.87. The van der Waals surface area contributed by atoms with E-state index in [1.807, 2.05) is 60.7 Å². The van der Waals surface area contributed by atoms with Gasteiger partial charge in [-0.05, 0) is 53.1 Å².